The molecule has 0 bridgehead atoms. The first-order valence-corrected chi connectivity index (χ1v) is 7.39. The first kappa shape index (κ1) is 15.1. The van der Waals surface area contributed by atoms with Crippen molar-refractivity contribution in [3.8, 4) is 0 Å². The van der Waals surface area contributed by atoms with Crippen molar-refractivity contribution < 1.29 is 14.3 Å². The van der Waals surface area contributed by atoms with E-state index in [1.54, 1.807) is 6.26 Å². The van der Waals surface area contributed by atoms with Gasteiger partial charge in [-0.3, -0.25) is 9.69 Å². The second-order valence-electron chi connectivity index (χ2n) is 5.52. The standard InChI is InChI=1S/C15H24N2O3/c1-12(6-7-15(18)19)16-11-13(14-5-4-10-20-14)17-8-2-3-9-17/h4-5,10,12-13,16H,2-3,6-9,11H2,1H3,(H,18,19). The van der Waals surface area contributed by atoms with Crippen molar-refractivity contribution in [2.75, 3.05) is 19.6 Å². The maximum Gasteiger partial charge on any atom is 0.303 e. The number of carboxylic acid groups (broad SMARTS) is 1. The summed E-state index contributed by atoms with van der Waals surface area (Å²) in [6.07, 6.45) is 5.06. The lowest BCUT2D eigenvalue weighted by Crippen LogP contribution is -2.37. The highest BCUT2D eigenvalue weighted by atomic mass is 16.4. The molecule has 2 rings (SSSR count). The Balaban J connectivity index is 1.86. The lowest BCUT2D eigenvalue weighted by atomic mass is 10.1. The van der Waals surface area contributed by atoms with Crippen molar-refractivity contribution >= 4 is 5.97 Å². The molecular weight excluding hydrogens is 256 g/mol. The van der Waals surface area contributed by atoms with E-state index in [4.69, 9.17) is 9.52 Å². The molecular formula is C15H24N2O3. The predicted molar refractivity (Wildman–Crippen MR) is 76.6 cm³/mol. The van der Waals surface area contributed by atoms with Crippen LogP contribution < -0.4 is 5.32 Å². The van der Waals surface area contributed by atoms with E-state index in [2.05, 4.69) is 10.2 Å². The van der Waals surface area contributed by atoms with Crippen molar-refractivity contribution in [1.29, 1.82) is 0 Å². The minimum Gasteiger partial charge on any atom is -0.481 e. The molecule has 0 spiro atoms. The molecule has 2 unspecified atom stereocenters. The number of furan rings is 1. The van der Waals surface area contributed by atoms with Gasteiger partial charge in [-0.05, 0) is 51.4 Å². The Kier molecular flexibility index (Phi) is 5.61. The summed E-state index contributed by atoms with van der Waals surface area (Å²) in [7, 11) is 0. The highest BCUT2D eigenvalue weighted by molar-refractivity contribution is 5.66. The highest BCUT2D eigenvalue weighted by Gasteiger charge is 2.25. The molecule has 0 amide bonds. The van der Waals surface area contributed by atoms with Crippen LogP contribution in [0.1, 0.15) is 44.4 Å². The van der Waals surface area contributed by atoms with Crippen LogP contribution in [0.3, 0.4) is 0 Å². The molecule has 1 aromatic rings. The van der Waals surface area contributed by atoms with Gasteiger partial charge in [0.25, 0.3) is 0 Å². The number of likely N-dealkylation sites (tertiary alicyclic amines) is 1. The van der Waals surface area contributed by atoms with Crippen molar-refractivity contribution in [3.05, 3.63) is 24.2 Å². The molecule has 2 heterocycles. The molecule has 1 aliphatic heterocycles. The average Bonchev–Trinajstić information content (AvgIpc) is 3.09. The number of hydrogen-bond donors (Lipinski definition) is 2. The number of hydrogen-bond acceptors (Lipinski definition) is 4. The van der Waals surface area contributed by atoms with Crippen molar-refractivity contribution in [1.82, 2.24) is 10.2 Å². The van der Waals surface area contributed by atoms with Gasteiger partial charge in [0, 0.05) is 19.0 Å². The normalized spacial score (nSPS) is 19.1. The van der Waals surface area contributed by atoms with Crippen LogP contribution >= 0.6 is 0 Å². The first-order chi connectivity index (χ1) is 9.66. The molecule has 0 saturated carbocycles. The first-order valence-electron chi connectivity index (χ1n) is 7.39. The van der Waals surface area contributed by atoms with Crippen LogP contribution in [0.4, 0.5) is 0 Å². The summed E-state index contributed by atoms with van der Waals surface area (Å²) in [5, 5.41) is 12.1. The Labute approximate surface area is 119 Å². The molecule has 20 heavy (non-hydrogen) atoms. The molecule has 2 atom stereocenters. The second kappa shape index (κ2) is 7.45. The molecule has 1 aliphatic rings. The monoisotopic (exact) mass is 280 g/mol. The predicted octanol–water partition coefficient (Wildman–Crippen LogP) is 2.26. The SMILES string of the molecule is CC(CCC(=O)O)NCC(c1ccco1)N1CCCC1. The summed E-state index contributed by atoms with van der Waals surface area (Å²) >= 11 is 0. The summed E-state index contributed by atoms with van der Waals surface area (Å²) < 4.78 is 5.56. The zero-order valence-electron chi connectivity index (χ0n) is 12.0. The fraction of sp³-hybridized carbons (Fsp3) is 0.667. The van der Waals surface area contributed by atoms with Crippen molar-refractivity contribution in [2.45, 2.75) is 44.7 Å². The van der Waals surface area contributed by atoms with Crippen LogP contribution in [0.5, 0.6) is 0 Å². The number of carbonyl (C=O) groups is 1. The topological polar surface area (TPSA) is 65.7 Å². The Morgan fingerprint density at radius 1 is 1.50 bits per heavy atom. The van der Waals surface area contributed by atoms with Crippen LogP contribution in [0.25, 0.3) is 0 Å². The van der Waals surface area contributed by atoms with Crippen LogP contribution in [0, 0.1) is 0 Å². The van der Waals surface area contributed by atoms with Gasteiger partial charge in [-0.15, -0.1) is 0 Å². The van der Waals surface area contributed by atoms with E-state index >= 15 is 0 Å². The Bertz CT molecular complexity index is 399. The van der Waals surface area contributed by atoms with Crippen LogP contribution in [-0.4, -0.2) is 41.7 Å². The molecule has 2 N–H and O–H groups in total. The number of nitrogens with one attached hydrogen (secondary N) is 1. The molecule has 1 aromatic heterocycles. The van der Waals surface area contributed by atoms with E-state index in [-0.39, 0.29) is 18.5 Å². The Morgan fingerprint density at radius 3 is 2.85 bits per heavy atom. The minimum atomic E-state index is -0.735. The van der Waals surface area contributed by atoms with E-state index in [1.165, 1.54) is 12.8 Å². The van der Waals surface area contributed by atoms with Gasteiger partial charge in [0.05, 0.1) is 12.3 Å². The summed E-state index contributed by atoms with van der Waals surface area (Å²) in [4.78, 5) is 13.0. The van der Waals surface area contributed by atoms with Gasteiger partial charge >= 0.3 is 5.97 Å². The minimum absolute atomic E-state index is 0.200. The van der Waals surface area contributed by atoms with Gasteiger partial charge in [-0.25, -0.2) is 0 Å². The van der Waals surface area contributed by atoms with Crippen molar-refractivity contribution in [3.63, 3.8) is 0 Å². The maximum absolute atomic E-state index is 10.6. The fourth-order valence-electron chi connectivity index (χ4n) is 2.70. The molecule has 5 heteroatoms. The zero-order chi connectivity index (χ0) is 14.4. The van der Waals surface area contributed by atoms with Gasteiger partial charge in [-0.2, -0.15) is 0 Å². The van der Waals surface area contributed by atoms with E-state index in [0.29, 0.717) is 6.42 Å². The highest BCUT2D eigenvalue weighted by Crippen LogP contribution is 2.25. The maximum atomic E-state index is 10.6. The number of rotatable bonds is 8. The van der Waals surface area contributed by atoms with Crippen molar-refractivity contribution in [2.24, 2.45) is 0 Å². The van der Waals surface area contributed by atoms with Gasteiger partial charge in [-0.1, -0.05) is 0 Å². The fourth-order valence-corrected chi connectivity index (χ4v) is 2.70. The number of nitrogens with zero attached hydrogens (tertiary/aromatic N) is 1. The molecule has 1 fully saturated rings. The Morgan fingerprint density at radius 2 is 2.25 bits per heavy atom. The molecule has 112 valence electrons. The van der Waals surface area contributed by atoms with Crippen LogP contribution in [0.2, 0.25) is 0 Å². The van der Waals surface area contributed by atoms with E-state index < -0.39 is 5.97 Å². The third-order valence-electron chi connectivity index (χ3n) is 3.90. The smallest absolute Gasteiger partial charge is 0.303 e. The molecule has 0 aromatic carbocycles. The van der Waals surface area contributed by atoms with Gasteiger partial charge < -0.3 is 14.8 Å². The lowest BCUT2D eigenvalue weighted by molar-refractivity contribution is -0.137. The molecule has 1 saturated heterocycles. The number of carboxylic acids is 1. The zero-order valence-corrected chi connectivity index (χ0v) is 12.0. The summed E-state index contributed by atoms with van der Waals surface area (Å²) in [6, 6.07) is 4.39. The summed E-state index contributed by atoms with van der Waals surface area (Å²) in [6.45, 7) is 5.05. The molecule has 0 radical (unpaired) electrons. The summed E-state index contributed by atoms with van der Waals surface area (Å²) in [5.41, 5.74) is 0. The second-order valence-corrected chi connectivity index (χ2v) is 5.52. The van der Waals surface area contributed by atoms with E-state index in [9.17, 15) is 4.79 Å². The summed E-state index contributed by atoms with van der Waals surface area (Å²) in [5.74, 6) is 0.255. The van der Waals surface area contributed by atoms with Gasteiger partial charge in [0.2, 0.25) is 0 Å². The van der Waals surface area contributed by atoms with E-state index in [1.807, 2.05) is 19.1 Å². The van der Waals surface area contributed by atoms with Crippen LogP contribution in [0.15, 0.2) is 22.8 Å². The third kappa shape index (κ3) is 4.35. The average molecular weight is 280 g/mol. The van der Waals surface area contributed by atoms with Crippen LogP contribution in [-0.2, 0) is 4.79 Å². The molecule has 5 nitrogen and oxygen atoms in total. The quantitative estimate of drug-likeness (QED) is 0.764. The Hall–Kier alpha value is -1.33. The number of aliphatic carboxylic acids is 1. The lowest BCUT2D eigenvalue weighted by Gasteiger charge is -2.27. The van der Waals surface area contributed by atoms with Gasteiger partial charge in [0.1, 0.15) is 5.76 Å². The third-order valence-corrected chi connectivity index (χ3v) is 3.90. The van der Waals surface area contributed by atoms with Gasteiger partial charge in [0.15, 0.2) is 0 Å². The van der Waals surface area contributed by atoms with E-state index in [0.717, 1.165) is 25.4 Å². The molecule has 0 aliphatic carbocycles. The largest absolute Gasteiger partial charge is 0.481 e.